The van der Waals surface area contributed by atoms with Crippen LogP contribution in [0.4, 0.5) is 0 Å². The second-order valence-electron chi connectivity index (χ2n) is 5.88. The summed E-state index contributed by atoms with van der Waals surface area (Å²) < 4.78 is 5.95. The van der Waals surface area contributed by atoms with E-state index in [1.165, 1.54) is 0 Å². The standard InChI is InChI=1S/C21H13NO2/c23-21-15-7-2-4-10-18(15)24-19-11-5-8-14(20(19)21)17-12-13-6-1-3-9-16(13)22-17/h1-12,22H. The fourth-order valence-corrected chi connectivity index (χ4v) is 3.29. The molecule has 0 unspecified atom stereocenters. The minimum Gasteiger partial charge on any atom is -0.456 e. The number of nitrogens with one attached hydrogen (secondary N) is 1. The van der Waals surface area contributed by atoms with E-state index in [0.29, 0.717) is 21.9 Å². The van der Waals surface area contributed by atoms with Crippen molar-refractivity contribution in [1.82, 2.24) is 4.98 Å². The number of aromatic amines is 1. The first-order valence-electron chi connectivity index (χ1n) is 7.84. The van der Waals surface area contributed by atoms with Gasteiger partial charge in [0.05, 0.1) is 10.8 Å². The molecule has 1 N–H and O–H groups in total. The van der Waals surface area contributed by atoms with Gasteiger partial charge in [0.2, 0.25) is 5.43 Å². The van der Waals surface area contributed by atoms with E-state index in [2.05, 4.69) is 17.1 Å². The molecule has 0 fully saturated rings. The van der Waals surface area contributed by atoms with Crippen LogP contribution in [0.2, 0.25) is 0 Å². The topological polar surface area (TPSA) is 46.0 Å². The number of hydrogen-bond acceptors (Lipinski definition) is 2. The molecule has 0 atom stereocenters. The number of para-hydroxylation sites is 2. The van der Waals surface area contributed by atoms with Gasteiger partial charge < -0.3 is 9.40 Å². The highest BCUT2D eigenvalue weighted by molar-refractivity contribution is 6.00. The number of rotatable bonds is 1. The zero-order valence-electron chi connectivity index (χ0n) is 12.7. The van der Waals surface area contributed by atoms with Crippen LogP contribution in [0.25, 0.3) is 44.1 Å². The molecule has 3 nitrogen and oxygen atoms in total. The van der Waals surface area contributed by atoms with Crippen LogP contribution in [0.5, 0.6) is 0 Å². The summed E-state index contributed by atoms with van der Waals surface area (Å²) in [6, 6.07) is 23.2. The molecule has 0 spiro atoms. The maximum absolute atomic E-state index is 13.0. The van der Waals surface area contributed by atoms with Crippen LogP contribution in [-0.4, -0.2) is 4.98 Å². The first-order valence-corrected chi connectivity index (χ1v) is 7.84. The van der Waals surface area contributed by atoms with Crippen LogP contribution in [-0.2, 0) is 0 Å². The highest BCUT2D eigenvalue weighted by Gasteiger charge is 2.13. The second kappa shape index (κ2) is 4.83. The summed E-state index contributed by atoms with van der Waals surface area (Å²) in [5, 5.41) is 2.34. The minimum atomic E-state index is 0.00102. The summed E-state index contributed by atoms with van der Waals surface area (Å²) in [5.41, 5.74) is 4.06. The average Bonchev–Trinajstić information content (AvgIpc) is 3.05. The Balaban J connectivity index is 1.91. The summed E-state index contributed by atoms with van der Waals surface area (Å²) in [7, 11) is 0. The highest BCUT2D eigenvalue weighted by Crippen LogP contribution is 2.30. The van der Waals surface area contributed by atoms with Gasteiger partial charge in [-0.1, -0.05) is 42.5 Å². The Hall–Kier alpha value is -3.33. The lowest BCUT2D eigenvalue weighted by Gasteiger charge is -2.05. The van der Waals surface area contributed by atoms with Gasteiger partial charge in [-0.25, -0.2) is 0 Å². The third-order valence-electron chi connectivity index (χ3n) is 4.43. The Morgan fingerprint density at radius 3 is 2.50 bits per heavy atom. The van der Waals surface area contributed by atoms with Crippen molar-refractivity contribution in [2.24, 2.45) is 0 Å². The largest absolute Gasteiger partial charge is 0.456 e. The minimum absolute atomic E-state index is 0.00102. The Labute approximate surface area is 137 Å². The van der Waals surface area contributed by atoms with Crippen molar-refractivity contribution in [3.8, 4) is 11.3 Å². The van der Waals surface area contributed by atoms with Gasteiger partial charge >= 0.3 is 0 Å². The summed E-state index contributed by atoms with van der Waals surface area (Å²) in [4.78, 5) is 16.4. The van der Waals surface area contributed by atoms with Crippen molar-refractivity contribution in [3.63, 3.8) is 0 Å². The van der Waals surface area contributed by atoms with E-state index in [4.69, 9.17) is 4.42 Å². The quantitative estimate of drug-likeness (QED) is 0.438. The number of fused-ring (bicyclic) bond motifs is 3. The molecule has 0 bridgehead atoms. The van der Waals surface area contributed by atoms with E-state index in [1.807, 2.05) is 60.7 Å². The molecule has 5 rings (SSSR count). The lowest BCUT2D eigenvalue weighted by Crippen LogP contribution is -2.03. The van der Waals surface area contributed by atoms with Gasteiger partial charge in [-0.15, -0.1) is 0 Å². The van der Waals surface area contributed by atoms with Crippen molar-refractivity contribution >= 4 is 32.8 Å². The predicted octanol–water partition coefficient (Wildman–Crippen LogP) is 5.09. The van der Waals surface area contributed by atoms with Crippen molar-refractivity contribution < 1.29 is 4.42 Å². The van der Waals surface area contributed by atoms with Gasteiger partial charge in [0.25, 0.3) is 0 Å². The molecule has 3 heteroatoms. The summed E-state index contributed by atoms with van der Waals surface area (Å²) in [6.07, 6.45) is 0. The van der Waals surface area contributed by atoms with Crippen molar-refractivity contribution in [1.29, 1.82) is 0 Å². The Kier molecular flexibility index (Phi) is 2.65. The smallest absolute Gasteiger partial charge is 0.201 e. The van der Waals surface area contributed by atoms with Crippen molar-refractivity contribution in [2.45, 2.75) is 0 Å². The SMILES string of the molecule is O=c1c2ccccc2oc2cccc(-c3cc4ccccc4[nH]3)c12. The Morgan fingerprint density at radius 1 is 0.792 bits per heavy atom. The number of aromatic nitrogens is 1. The zero-order valence-corrected chi connectivity index (χ0v) is 12.7. The molecular formula is C21H13NO2. The van der Waals surface area contributed by atoms with Gasteiger partial charge in [0, 0.05) is 22.2 Å². The zero-order chi connectivity index (χ0) is 16.1. The first-order chi connectivity index (χ1) is 11.8. The molecule has 2 heterocycles. The molecule has 114 valence electrons. The highest BCUT2D eigenvalue weighted by atomic mass is 16.3. The van der Waals surface area contributed by atoms with Gasteiger partial charge in [0.1, 0.15) is 11.2 Å². The summed E-state index contributed by atoms with van der Waals surface area (Å²) in [5.74, 6) is 0. The van der Waals surface area contributed by atoms with Crippen LogP contribution in [0.15, 0.2) is 82.0 Å². The monoisotopic (exact) mass is 311 g/mol. The Morgan fingerprint density at radius 2 is 1.58 bits per heavy atom. The predicted molar refractivity (Wildman–Crippen MR) is 97.3 cm³/mol. The van der Waals surface area contributed by atoms with E-state index in [0.717, 1.165) is 22.2 Å². The first kappa shape index (κ1) is 13.1. The Bertz CT molecular complexity index is 1240. The maximum atomic E-state index is 13.0. The van der Waals surface area contributed by atoms with Crippen LogP contribution in [0, 0.1) is 0 Å². The molecule has 0 amide bonds. The van der Waals surface area contributed by atoms with Crippen molar-refractivity contribution in [2.75, 3.05) is 0 Å². The molecule has 3 aromatic carbocycles. The van der Waals surface area contributed by atoms with E-state index in [1.54, 1.807) is 0 Å². The average molecular weight is 311 g/mol. The molecule has 0 saturated carbocycles. The maximum Gasteiger partial charge on any atom is 0.201 e. The van der Waals surface area contributed by atoms with Gasteiger partial charge in [-0.2, -0.15) is 0 Å². The molecule has 0 aliphatic heterocycles. The fraction of sp³-hybridized carbons (Fsp3) is 0. The molecular weight excluding hydrogens is 298 g/mol. The number of benzene rings is 3. The van der Waals surface area contributed by atoms with Crippen LogP contribution >= 0.6 is 0 Å². The van der Waals surface area contributed by atoms with Crippen molar-refractivity contribution in [3.05, 3.63) is 83.0 Å². The van der Waals surface area contributed by atoms with E-state index in [-0.39, 0.29) is 5.43 Å². The third kappa shape index (κ3) is 1.82. The van der Waals surface area contributed by atoms with E-state index < -0.39 is 0 Å². The van der Waals surface area contributed by atoms with Crippen LogP contribution in [0.1, 0.15) is 0 Å². The van der Waals surface area contributed by atoms with Gasteiger partial charge in [0.15, 0.2) is 0 Å². The number of H-pyrrole nitrogens is 1. The second-order valence-corrected chi connectivity index (χ2v) is 5.88. The molecule has 0 radical (unpaired) electrons. The fourth-order valence-electron chi connectivity index (χ4n) is 3.29. The molecule has 0 aliphatic carbocycles. The molecule has 24 heavy (non-hydrogen) atoms. The molecule has 5 aromatic rings. The van der Waals surface area contributed by atoms with Crippen LogP contribution in [0.3, 0.4) is 0 Å². The lowest BCUT2D eigenvalue weighted by atomic mass is 10.0. The van der Waals surface area contributed by atoms with E-state index >= 15 is 0 Å². The number of hydrogen-bond donors (Lipinski definition) is 1. The van der Waals surface area contributed by atoms with E-state index in [9.17, 15) is 4.79 Å². The van der Waals surface area contributed by atoms with Gasteiger partial charge in [-0.3, -0.25) is 4.79 Å². The lowest BCUT2D eigenvalue weighted by molar-refractivity contribution is 0.660. The summed E-state index contributed by atoms with van der Waals surface area (Å²) in [6.45, 7) is 0. The molecule has 0 saturated heterocycles. The third-order valence-corrected chi connectivity index (χ3v) is 4.43. The molecule has 2 aromatic heterocycles. The van der Waals surface area contributed by atoms with Gasteiger partial charge in [-0.05, 0) is 30.3 Å². The summed E-state index contributed by atoms with van der Waals surface area (Å²) >= 11 is 0. The normalized spacial score (nSPS) is 11.5. The molecule has 0 aliphatic rings. The van der Waals surface area contributed by atoms with Crippen LogP contribution < -0.4 is 5.43 Å².